The number of hydrogen-bond acceptors (Lipinski definition) is 6. The lowest BCUT2D eigenvalue weighted by molar-refractivity contribution is 0.0667. The molecule has 150 valence electrons. The Labute approximate surface area is 168 Å². The van der Waals surface area contributed by atoms with Gasteiger partial charge in [0.15, 0.2) is 0 Å². The second kappa shape index (κ2) is 8.40. The van der Waals surface area contributed by atoms with Crippen molar-refractivity contribution in [2.75, 3.05) is 13.7 Å². The molecule has 1 fully saturated rings. The van der Waals surface area contributed by atoms with Crippen LogP contribution >= 0.6 is 0 Å². The maximum absolute atomic E-state index is 13.2. The molecule has 0 aliphatic carbocycles. The van der Waals surface area contributed by atoms with Crippen LogP contribution in [-0.2, 0) is 0 Å². The predicted molar refractivity (Wildman–Crippen MR) is 106 cm³/mol. The summed E-state index contributed by atoms with van der Waals surface area (Å²) in [6.07, 6.45) is 3.19. The van der Waals surface area contributed by atoms with E-state index in [0.29, 0.717) is 30.0 Å². The first-order chi connectivity index (χ1) is 14.2. The molecule has 2 unspecified atom stereocenters. The zero-order chi connectivity index (χ0) is 20.2. The second-order valence-corrected chi connectivity index (χ2v) is 7.10. The molecular weight excluding hydrogens is 370 g/mol. The first kappa shape index (κ1) is 19.1. The molecule has 2 heterocycles. The van der Waals surface area contributed by atoms with Crippen LogP contribution in [-0.4, -0.2) is 55.8 Å². The normalized spacial score (nSPS) is 17.3. The van der Waals surface area contributed by atoms with E-state index in [1.54, 1.807) is 25.3 Å². The van der Waals surface area contributed by atoms with Crippen molar-refractivity contribution < 1.29 is 14.6 Å². The lowest BCUT2D eigenvalue weighted by Gasteiger charge is -2.27. The number of amides is 1. The third-order valence-corrected chi connectivity index (χ3v) is 5.34. The van der Waals surface area contributed by atoms with Crippen molar-refractivity contribution in [1.82, 2.24) is 25.1 Å². The molecule has 0 saturated carbocycles. The Bertz CT molecular complexity index is 962. The van der Waals surface area contributed by atoms with Crippen molar-refractivity contribution in [3.8, 4) is 11.4 Å². The number of benzene rings is 2. The van der Waals surface area contributed by atoms with Gasteiger partial charge in [-0.1, -0.05) is 30.3 Å². The fourth-order valence-corrected chi connectivity index (χ4v) is 3.86. The van der Waals surface area contributed by atoms with Crippen molar-refractivity contribution in [1.29, 1.82) is 0 Å². The van der Waals surface area contributed by atoms with Gasteiger partial charge in [0.25, 0.3) is 5.91 Å². The molecule has 0 spiro atoms. The van der Waals surface area contributed by atoms with Gasteiger partial charge in [-0.3, -0.25) is 4.79 Å². The molecule has 1 aliphatic rings. The number of aromatic nitrogens is 4. The van der Waals surface area contributed by atoms with Gasteiger partial charge in [0.1, 0.15) is 17.8 Å². The van der Waals surface area contributed by atoms with E-state index in [4.69, 9.17) is 4.74 Å². The second-order valence-electron chi connectivity index (χ2n) is 7.10. The van der Waals surface area contributed by atoms with Gasteiger partial charge in [-0.15, -0.1) is 5.10 Å². The third-order valence-electron chi connectivity index (χ3n) is 5.34. The van der Waals surface area contributed by atoms with Gasteiger partial charge < -0.3 is 14.7 Å². The molecule has 8 heteroatoms. The van der Waals surface area contributed by atoms with Crippen LogP contribution in [0.3, 0.4) is 0 Å². The lowest BCUT2D eigenvalue weighted by Crippen LogP contribution is -2.36. The summed E-state index contributed by atoms with van der Waals surface area (Å²) in [6, 6.07) is 14.8. The summed E-state index contributed by atoms with van der Waals surface area (Å²) < 4.78 is 6.85. The van der Waals surface area contributed by atoms with Crippen LogP contribution in [0.5, 0.6) is 5.75 Å². The molecule has 2 aromatic carbocycles. The predicted octanol–water partition coefficient (Wildman–Crippen LogP) is 2.40. The number of hydrogen-bond donors (Lipinski definition) is 1. The first-order valence-corrected chi connectivity index (χ1v) is 9.62. The highest BCUT2D eigenvalue weighted by Gasteiger charge is 2.31. The molecule has 1 saturated heterocycles. The molecule has 0 bridgehead atoms. The van der Waals surface area contributed by atoms with E-state index in [1.165, 1.54) is 11.0 Å². The fraction of sp³-hybridized carbons (Fsp3) is 0.333. The number of nitrogens with zero attached hydrogens (tertiary/aromatic N) is 5. The summed E-state index contributed by atoms with van der Waals surface area (Å²) in [5.41, 5.74) is 2.01. The zero-order valence-electron chi connectivity index (χ0n) is 16.2. The number of rotatable bonds is 6. The van der Waals surface area contributed by atoms with Crippen LogP contribution < -0.4 is 4.74 Å². The topological polar surface area (TPSA) is 93.4 Å². The van der Waals surface area contributed by atoms with Crippen LogP contribution in [0.15, 0.2) is 54.9 Å². The maximum Gasteiger partial charge on any atom is 0.254 e. The molecule has 8 nitrogen and oxygen atoms in total. The quantitative estimate of drug-likeness (QED) is 0.691. The van der Waals surface area contributed by atoms with Gasteiger partial charge >= 0.3 is 0 Å². The molecular formula is C21H23N5O3. The van der Waals surface area contributed by atoms with Gasteiger partial charge in [-0.2, -0.15) is 4.68 Å². The van der Waals surface area contributed by atoms with E-state index in [9.17, 15) is 9.90 Å². The Hall–Kier alpha value is -3.26. The largest absolute Gasteiger partial charge is 0.494 e. The maximum atomic E-state index is 13.2. The monoisotopic (exact) mass is 393 g/mol. The number of likely N-dealkylation sites (tertiary alicyclic amines) is 1. The van der Waals surface area contributed by atoms with E-state index in [0.717, 1.165) is 18.4 Å². The van der Waals surface area contributed by atoms with Gasteiger partial charge in [-0.05, 0) is 53.5 Å². The number of aliphatic hydroxyl groups excluding tert-OH is 1. The molecule has 1 amide bonds. The Balaban J connectivity index is 1.55. The average Bonchev–Trinajstić information content (AvgIpc) is 3.45. The van der Waals surface area contributed by atoms with E-state index >= 15 is 0 Å². The van der Waals surface area contributed by atoms with Gasteiger partial charge in [-0.25, -0.2) is 0 Å². The summed E-state index contributed by atoms with van der Waals surface area (Å²) in [7, 11) is 1.56. The minimum Gasteiger partial charge on any atom is -0.494 e. The minimum atomic E-state index is -0.595. The smallest absolute Gasteiger partial charge is 0.254 e. The molecule has 2 atom stereocenters. The molecule has 3 aromatic rings. The minimum absolute atomic E-state index is 0.00343. The van der Waals surface area contributed by atoms with Crippen molar-refractivity contribution in [2.45, 2.75) is 31.4 Å². The molecule has 29 heavy (non-hydrogen) atoms. The van der Waals surface area contributed by atoms with Gasteiger partial charge in [0.05, 0.1) is 13.2 Å². The third kappa shape index (κ3) is 3.97. The number of carbonyl (C=O) groups is 1. The fourth-order valence-electron chi connectivity index (χ4n) is 3.86. The SMILES string of the molecule is COc1ccc(C(=O)N2CCCC2CC(O)c2ccccc2)cc1-n1cnnn1. The Morgan fingerprint density at radius 2 is 2.10 bits per heavy atom. The average molecular weight is 393 g/mol. The van der Waals surface area contributed by atoms with E-state index in [2.05, 4.69) is 15.5 Å². The lowest BCUT2D eigenvalue weighted by atomic mass is 10.00. The van der Waals surface area contributed by atoms with Crippen LogP contribution in [0.4, 0.5) is 0 Å². The summed E-state index contributed by atoms with van der Waals surface area (Å²) in [5.74, 6) is 0.510. The number of aliphatic hydroxyl groups is 1. The van der Waals surface area contributed by atoms with Crippen LogP contribution in [0.1, 0.15) is 41.3 Å². The summed E-state index contributed by atoms with van der Waals surface area (Å²) in [4.78, 5) is 15.1. The van der Waals surface area contributed by atoms with Crippen molar-refractivity contribution in [2.24, 2.45) is 0 Å². The van der Waals surface area contributed by atoms with Crippen LogP contribution in [0.25, 0.3) is 5.69 Å². The van der Waals surface area contributed by atoms with Crippen LogP contribution in [0, 0.1) is 0 Å². The molecule has 1 aliphatic heterocycles. The molecule has 0 radical (unpaired) electrons. The number of ether oxygens (including phenoxy) is 1. The van der Waals surface area contributed by atoms with Crippen LogP contribution in [0.2, 0.25) is 0 Å². The Morgan fingerprint density at radius 1 is 1.28 bits per heavy atom. The van der Waals surface area contributed by atoms with Crippen molar-refractivity contribution in [3.63, 3.8) is 0 Å². The van der Waals surface area contributed by atoms with Gasteiger partial charge in [0.2, 0.25) is 0 Å². The van der Waals surface area contributed by atoms with Gasteiger partial charge in [0, 0.05) is 18.2 Å². The van der Waals surface area contributed by atoms with E-state index in [1.807, 2.05) is 35.2 Å². The first-order valence-electron chi connectivity index (χ1n) is 9.62. The molecule has 1 aromatic heterocycles. The highest BCUT2D eigenvalue weighted by atomic mass is 16.5. The Kier molecular flexibility index (Phi) is 5.53. The van der Waals surface area contributed by atoms with Crippen molar-refractivity contribution >= 4 is 5.91 Å². The Morgan fingerprint density at radius 3 is 2.83 bits per heavy atom. The highest BCUT2D eigenvalue weighted by molar-refractivity contribution is 5.95. The zero-order valence-corrected chi connectivity index (χ0v) is 16.2. The van der Waals surface area contributed by atoms with Crippen molar-refractivity contribution in [3.05, 3.63) is 66.0 Å². The molecule has 1 N–H and O–H groups in total. The highest BCUT2D eigenvalue weighted by Crippen LogP contribution is 2.30. The van der Waals surface area contributed by atoms with E-state index in [-0.39, 0.29) is 11.9 Å². The summed E-state index contributed by atoms with van der Waals surface area (Å²) >= 11 is 0. The summed E-state index contributed by atoms with van der Waals surface area (Å²) in [5, 5.41) is 21.8. The number of methoxy groups -OCH3 is 1. The number of carbonyl (C=O) groups excluding carboxylic acids is 1. The molecule has 4 rings (SSSR count). The standard InChI is InChI=1S/C21H23N5O3/c1-29-20-10-9-16(12-18(20)26-14-22-23-24-26)21(28)25-11-5-8-17(25)13-19(27)15-6-3-2-4-7-15/h2-4,6-7,9-10,12,14,17,19,27H,5,8,11,13H2,1H3. The summed E-state index contributed by atoms with van der Waals surface area (Å²) in [6.45, 7) is 0.678. The van der Waals surface area contributed by atoms with E-state index < -0.39 is 6.10 Å². The number of tetrazole rings is 1.